The number of amides is 1. The Kier molecular flexibility index (Phi) is 2.13. The minimum absolute atomic E-state index is 0.228. The molecule has 0 fully saturated rings. The fraction of sp³-hybridized carbons (Fsp3) is 0.250. The van der Waals surface area contributed by atoms with Crippen LogP contribution in [0.15, 0.2) is 12.1 Å². The van der Waals surface area contributed by atoms with E-state index in [-0.39, 0.29) is 17.7 Å². The first-order valence-electron chi connectivity index (χ1n) is 5.46. The Hall–Kier alpha value is -2.37. The van der Waals surface area contributed by atoms with Crippen molar-refractivity contribution >= 4 is 18.0 Å². The van der Waals surface area contributed by atoms with Crippen LogP contribution in [0.5, 0.6) is 0 Å². The number of rotatable bonds is 0. The Bertz CT molecular complexity index is 592. The number of cyclic esters (lactones) is 2. The lowest BCUT2D eigenvalue weighted by Gasteiger charge is -2.26. The van der Waals surface area contributed by atoms with Gasteiger partial charge in [-0.05, 0) is 29.7 Å². The molecule has 0 aliphatic carbocycles. The minimum atomic E-state index is -0.986. The van der Waals surface area contributed by atoms with E-state index >= 15 is 0 Å². The number of carbonyl (C=O) groups is 3. The fourth-order valence-corrected chi connectivity index (χ4v) is 2.30. The summed E-state index contributed by atoms with van der Waals surface area (Å²) in [5.41, 5.74) is 2.17. The fourth-order valence-electron chi connectivity index (χ4n) is 2.30. The molecular weight excluding hydrogens is 238 g/mol. The van der Waals surface area contributed by atoms with E-state index in [4.69, 9.17) is 5.11 Å². The van der Waals surface area contributed by atoms with Crippen molar-refractivity contribution in [2.45, 2.75) is 13.0 Å². The van der Waals surface area contributed by atoms with Gasteiger partial charge in [-0.15, -0.1) is 0 Å². The van der Waals surface area contributed by atoms with Gasteiger partial charge in [-0.25, -0.2) is 14.4 Å². The van der Waals surface area contributed by atoms with E-state index in [1.807, 2.05) is 0 Å². The molecule has 2 aliphatic rings. The van der Waals surface area contributed by atoms with Crippen LogP contribution in [0.3, 0.4) is 0 Å². The molecule has 2 heterocycles. The highest BCUT2D eigenvalue weighted by Gasteiger charge is 2.32. The van der Waals surface area contributed by atoms with E-state index in [0.717, 1.165) is 11.1 Å². The maximum absolute atomic E-state index is 11.4. The lowest BCUT2D eigenvalue weighted by molar-refractivity contribution is 0.0443. The number of ether oxygens (including phenoxy) is 1. The summed E-state index contributed by atoms with van der Waals surface area (Å²) in [6.07, 6.45) is -0.448. The number of benzene rings is 1. The van der Waals surface area contributed by atoms with Gasteiger partial charge in [0.15, 0.2) is 0 Å². The molecule has 1 N–H and O–H groups in total. The molecule has 92 valence electrons. The number of carbonyl (C=O) groups excluding carboxylic acids is 2. The van der Waals surface area contributed by atoms with Gasteiger partial charge in [0.05, 0.1) is 11.1 Å². The zero-order valence-electron chi connectivity index (χ0n) is 9.30. The van der Waals surface area contributed by atoms with Crippen LogP contribution in [0.25, 0.3) is 0 Å². The van der Waals surface area contributed by atoms with Gasteiger partial charge in [-0.2, -0.15) is 0 Å². The van der Waals surface area contributed by atoms with Crippen LogP contribution in [0.2, 0.25) is 0 Å². The second-order valence-electron chi connectivity index (χ2n) is 4.30. The maximum atomic E-state index is 11.4. The zero-order chi connectivity index (χ0) is 12.9. The van der Waals surface area contributed by atoms with E-state index in [9.17, 15) is 14.4 Å². The van der Waals surface area contributed by atoms with Crippen molar-refractivity contribution in [3.8, 4) is 0 Å². The van der Waals surface area contributed by atoms with Gasteiger partial charge in [0.2, 0.25) is 0 Å². The summed E-state index contributed by atoms with van der Waals surface area (Å²) in [6.45, 7) is 0.629. The van der Waals surface area contributed by atoms with Gasteiger partial charge in [0.25, 0.3) is 0 Å². The van der Waals surface area contributed by atoms with Gasteiger partial charge < -0.3 is 14.7 Å². The summed E-state index contributed by atoms with van der Waals surface area (Å²) in [5.74, 6) is -1.29. The molecule has 0 unspecified atom stereocenters. The first-order chi connectivity index (χ1) is 8.56. The second-order valence-corrected chi connectivity index (χ2v) is 4.30. The predicted molar refractivity (Wildman–Crippen MR) is 58.3 cm³/mol. The van der Waals surface area contributed by atoms with Crippen molar-refractivity contribution in [3.63, 3.8) is 0 Å². The minimum Gasteiger partial charge on any atom is -0.465 e. The first kappa shape index (κ1) is 10.8. The first-order valence-corrected chi connectivity index (χ1v) is 5.46. The van der Waals surface area contributed by atoms with Crippen LogP contribution in [0.4, 0.5) is 4.79 Å². The molecule has 6 heteroatoms. The predicted octanol–water partition coefficient (Wildman–Crippen LogP) is 1.03. The summed E-state index contributed by atoms with van der Waals surface area (Å²) in [6, 6.07) is 3.20. The molecule has 0 atom stereocenters. The van der Waals surface area contributed by atoms with Gasteiger partial charge in [-0.3, -0.25) is 0 Å². The molecule has 0 spiro atoms. The van der Waals surface area contributed by atoms with Crippen molar-refractivity contribution in [2.75, 3.05) is 6.54 Å². The molecule has 0 aromatic heterocycles. The molecule has 1 amide bonds. The van der Waals surface area contributed by atoms with Gasteiger partial charge in [0, 0.05) is 13.1 Å². The Labute approximate surface area is 102 Å². The second kappa shape index (κ2) is 3.56. The normalized spacial score (nSPS) is 17.2. The summed E-state index contributed by atoms with van der Waals surface area (Å²) >= 11 is 0. The summed E-state index contributed by atoms with van der Waals surface area (Å²) in [7, 11) is 0. The number of carboxylic acid groups (broad SMARTS) is 1. The van der Waals surface area contributed by atoms with Crippen LogP contribution in [-0.2, 0) is 17.7 Å². The topological polar surface area (TPSA) is 83.9 Å². The quantitative estimate of drug-likeness (QED) is 0.546. The zero-order valence-corrected chi connectivity index (χ0v) is 9.30. The van der Waals surface area contributed by atoms with Crippen LogP contribution >= 0.6 is 0 Å². The number of hydrogen-bond donors (Lipinski definition) is 1. The third kappa shape index (κ3) is 1.46. The van der Waals surface area contributed by atoms with Crippen molar-refractivity contribution in [1.82, 2.24) is 4.90 Å². The largest absolute Gasteiger partial charge is 0.465 e. The Balaban J connectivity index is 2.05. The van der Waals surface area contributed by atoms with E-state index < -0.39 is 18.0 Å². The van der Waals surface area contributed by atoms with Crippen LogP contribution in [0.1, 0.15) is 31.8 Å². The van der Waals surface area contributed by atoms with Crippen molar-refractivity contribution < 1.29 is 24.2 Å². The highest BCUT2D eigenvalue weighted by molar-refractivity contribution is 6.14. The molecule has 1 aromatic rings. The van der Waals surface area contributed by atoms with Crippen molar-refractivity contribution in [2.24, 2.45) is 0 Å². The Morgan fingerprint density at radius 3 is 2.39 bits per heavy atom. The SMILES string of the molecule is O=C1OC(=O)c2cc3c(cc21)CCN(C(=O)O)C3. The smallest absolute Gasteiger partial charge is 0.407 e. The maximum Gasteiger partial charge on any atom is 0.407 e. The average Bonchev–Trinajstić information content (AvgIpc) is 2.61. The number of esters is 2. The van der Waals surface area contributed by atoms with Gasteiger partial charge >= 0.3 is 18.0 Å². The molecule has 1 aromatic carbocycles. The Morgan fingerprint density at radius 1 is 1.17 bits per heavy atom. The summed E-state index contributed by atoms with van der Waals surface area (Å²) < 4.78 is 4.52. The molecule has 2 aliphatic heterocycles. The lowest BCUT2D eigenvalue weighted by Crippen LogP contribution is -2.34. The van der Waals surface area contributed by atoms with E-state index in [2.05, 4.69) is 4.74 Å². The van der Waals surface area contributed by atoms with Gasteiger partial charge in [0.1, 0.15) is 0 Å². The molecule has 3 rings (SSSR count). The highest BCUT2D eigenvalue weighted by atomic mass is 16.6. The lowest BCUT2D eigenvalue weighted by atomic mass is 9.94. The number of nitrogens with zero attached hydrogens (tertiary/aromatic N) is 1. The van der Waals surface area contributed by atoms with E-state index in [0.29, 0.717) is 13.0 Å². The van der Waals surface area contributed by atoms with Crippen molar-refractivity contribution in [1.29, 1.82) is 0 Å². The Morgan fingerprint density at radius 2 is 1.78 bits per heavy atom. The summed E-state index contributed by atoms with van der Waals surface area (Å²) in [4.78, 5) is 35.0. The van der Waals surface area contributed by atoms with Gasteiger partial charge in [-0.1, -0.05) is 0 Å². The molecule has 0 saturated carbocycles. The standard InChI is InChI=1S/C12H9NO5/c14-10-8-3-6-1-2-13(12(16)17)5-7(6)4-9(8)11(15)18-10/h3-4H,1-2,5H2,(H,16,17). The van der Waals surface area contributed by atoms with Crippen molar-refractivity contribution in [3.05, 3.63) is 34.4 Å². The third-order valence-corrected chi connectivity index (χ3v) is 3.25. The average molecular weight is 247 g/mol. The molecule has 0 saturated heterocycles. The monoisotopic (exact) mass is 247 g/mol. The molecule has 18 heavy (non-hydrogen) atoms. The molecule has 0 bridgehead atoms. The third-order valence-electron chi connectivity index (χ3n) is 3.25. The highest BCUT2D eigenvalue weighted by Crippen LogP contribution is 2.27. The number of hydrogen-bond acceptors (Lipinski definition) is 4. The van der Waals surface area contributed by atoms with E-state index in [1.54, 1.807) is 12.1 Å². The van der Waals surface area contributed by atoms with E-state index in [1.165, 1.54) is 4.90 Å². The number of fused-ring (bicyclic) bond motifs is 2. The molecule has 0 radical (unpaired) electrons. The summed E-state index contributed by atoms with van der Waals surface area (Å²) in [5, 5.41) is 8.93. The molecule has 6 nitrogen and oxygen atoms in total. The van der Waals surface area contributed by atoms with Crippen LogP contribution in [0, 0.1) is 0 Å². The van der Waals surface area contributed by atoms with Crippen LogP contribution < -0.4 is 0 Å². The van der Waals surface area contributed by atoms with Crippen LogP contribution in [-0.4, -0.2) is 34.6 Å². The molecular formula is C12H9NO5.